The summed E-state index contributed by atoms with van der Waals surface area (Å²) in [7, 11) is 1.35. The smallest absolute Gasteiger partial charge is 0.302 e. The highest BCUT2D eigenvalue weighted by atomic mass is 32.1. The Labute approximate surface area is 143 Å². The van der Waals surface area contributed by atoms with E-state index in [2.05, 4.69) is 65.4 Å². The van der Waals surface area contributed by atoms with Gasteiger partial charge in [0.25, 0.3) is 0 Å². The SMILES string of the molecule is CCCC(C)c1nc(C=Cc2ccccc2)cs1.COC(C)=O. The van der Waals surface area contributed by atoms with Crippen LogP contribution in [0.1, 0.15) is 55.8 Å². The van der Waals surface area contributed by atoms with Crippen molar-refractivity contribution in [2.75, 3.05) is 7.11 Å². The zero-order chi connectivity index (χ0) is 17.1. The Morgan fingerprint density at radius 3 is 2.52 bits per heavy atom. The molecule has 1 aromatic heterocycles. The van der Waals surface area contributed by atoms with Crippen LogP contribution in [-0.4, -0.2) is 18.1 Å². The van der Waals surface area contributed by atoms with Crippen molar-refractivity contribution in [3.05, 3.63) is 52.0 Å². The monoisotopic (exact) mass is 331 g/mol. The molecule has 2 rings (SSSR count). The van der Waals surface area contributed by atoms with Gasteiger partial charge in [0.1, 0.15) is 0 Å². The van der Waals surface area contributed by atoms with E-state index in [-0.39, 0.29) is 5.97 Å². The van der Waals surface area contributed by atoms with Crippen molar-refractivity contribution in [2.45, 2.75) is 39.5 Å². The third-order valence-electron chi connectivity index (χ3n) is 3.22. The second-order valence-corrected chi connectivity index (χ2v) is 6.13. The van der Waals surface area contributed by atoms with E-state index in [0.717, 1.165) is 5.69 Å². The van der Waals surface area contributed by atoms with Crippen molar-refractivity contribution in [1.82, 2.24) is 4.98 Å². The van der Waals surface area contributed by atoms with Crippen LogP contribution in [0.15, 0.2) is 35.7 Å². The summed E-state index contributed by atoms with van der Waals surface area (Å²) in [4.78, 5) is 14.3. The molecule has 0 amide bonds. The molecule has 0 saturated heterocycles. The van der Waals surface area contributed by atoms with E-state index in [9.17, 15) is 4.79 Å². The molecule has 1 aromatic carbocycles. The predicted molar refractivity (Wildman–Crippen MR) is 98.5 cm³/mol. The van der Waals surface area contributed by atoms with Gasteiger partial charge in [-0.15, -0.1) is 11.3 Å². The maximum atomic E-state index is 9.59. The predicted octanol–water partition coefficient (Wildman–Crippen LogP) is 5.40. The molecule has 4 heteroatoms. The van der Waals surface area contributed by atoms with Gasteiger partial charge in [-0.2, -0.15) is 0 Å². The van der Waals surface area contributed by atoms with Gasteiger partial charge in [0, 0.05) is 18.2 Å². The van der Waals surface area contributed by atoms with Crippen LogP contribution in [0.5, 0.6) is 0 Å². The maximum Gasteiger partial charge on any atom is 0.302 e. The number of ether oxygens (including phenoxy) is 1. The quantitative estimate of drug-likeness (QED) is 0.689. The van der Waals surface area contributed by atoms with Crippen molar-refractivity contribution in [2.24, 2.45) is 0 Å². The Morgan fingerprint density at radius 2 is 1.96 bits per heavy atom. The van der Waals surface area contributed by atoms with Crippen molar-refractivity contribution in [3.8, 4) is 0 Å². The molecule has 1 unspecified atom stereocenters. The molecule has 3 nitrogen and oxygen atoms in total. The lowest BCUT2D eigenvalue weighted by Gasteiger charge is -2.04. The lowest BCUT2D eigenvalue weighted by Crippen LogP contribution is -1.91. The molecular weight excluding hydrogens is 306 g/mol. The molecule has 0 bridgehead atoms. The van der Waals surface area contributed by atoms with Gasteiger partial charge < -0.3 is 4.74 Å². The largest absolute Gasteiger partial charge is 0.469 e. The molecule has 124 valence electrons. The second-order valence-electron chi connectivity index (χ2n) is 5.24. The van der Waals surface area contributed by atoms with E-state index < -0.39 is 0 Å². The van der Waals surface area contributed by atoms with Crippen LogP contribution in [0.3, 0.4) is 0 Å². The second kappa shape index (κ2) is 10.7. The first kappa shape index (κ1) is 19.1. The van der Waals surface area contributed by atoms with Crippen LogP contribution in [0.25, 0.3) is 12.2 Å². The Kier molecular flexibility index (Phi) is 8.91. The number of rotatable bonds is 5. The van der Waals surface area contributed by atoms with E-state index in [4.69, 9.17) is 0 Å². The Bertz CT molecular complexity index is 605. The molecular formula is C19H25NO2S. The standard InChI is InChI=1S/C16H19NS.C3H6O2/c1-3-7-13(2)16-17-15(12-18-16)11-10-14-8-5-4-6-9-14;1-3(4)5-2/h4-6,8-13H,3,7H2,1-2H3;1-2H3. The van der Waals surface area contributed by atoms with Gasteiger partial charge in [0.2, 0.25) is 0 Å². The molecule has 1 atom stereocenters. The topological polar surface area (TPSA) is 39.2 Å². The zero-order valence-electron chi connectivity index (χ0n) is 14.3. The third kappa shape index (κ3) is 7.75. The average molecular weight is 331 g/mol. The minimum atomic E-state index is -0.245. The highest BCUT2D eigenvalue weighted by Crippen LogP contribution is 2.24. The van der Waals surface area contributed by atoms with Gasteiger partial charge in [-0.05, 0) is 18.1 Å². The highest BCUT2D eigenvalue weighted by molar-refractivity contribution is 7.09. The van der Waals surface area contributed by atoms with Gasteiger partial charge in [0.15, 0.2) is 0 Å². The molecule has 0 spiro atoms. The van der Waals surface area contributed by atoms with Crippen LogP contribution >= 0.6 is 11.3 Å². The summed E-state index contributed by atoms with van der Waals surface area (Å²) in [5, 5.41) is 3.39. The average Bonchev–Trinajstić information content (AvgIpc) is 3.04. The lowest BCUT2D eigenvalue weighted by atomic mass is 10.1. The number of benzene rings is 1. The van der Waals surface area contributed by atoms with Gasteiger partial charge in [-0.25, -0.2) is 4.98 Å². The minimum absolute atomic E-state index is 0.245. The van der Waals surface area contributed by atoms with E-state index in [1.165, 1.54) is 37.4 Å². The summed E-state index contributed by atoms with van der Waals surface area (Å²) in [5.74, 6) is 0.337. The molecule has 0 radical (unpaired) electrons. The zero-order valence-corrected chi connectivity index (χ0v) is 15.1. The van der Waals surface area contributed by atoms with E-state index in [1.807, 2.05) is 6.07 Å². The minimum Gasteiger partial charge on any atom is -0.469 e. The van der Waals surface area contributed by atoms with Crippen LogP contribution in [0.4, 0.5) is 0 Å². The molecule has 0 aliphatic heterocycles. The Hall–Kier alpha value is -1.94. The number of aromatic nitrogens is 1. The number of methoxy groups -OCH3 is 1. The van der Waals surface area contributed by atoms with E-state index >= 15 is 0 Å². The van der Waals surface area contributed by atoms with Crippen LogP contribution in [0.2, 0.25) is 0 Å². The molecule has 23 heavy (non-hydrogen) atoms. The number of hydrogen-bond donors (Lipinski definition) is 0. The highest BCUT2D eigenvalue weighted by Gasteiger charge is 2.08. The summed E-state index contributed by atoms with van der Waals surface area (Å²) in [6.45, 7) is 5.84. The molecule has 0 aliphatic carbocycles. The maximum absolute atomic E-state index is 9.59. The number of nitrogens with zero attached hydrogens (tertiary/aromatic N) is 1. The van der Waals surface area contributed by atoms with Crippen molar-refractivity contribution >= 4 is 29.5 Å². The lowest BCUT2D eigenvalue weighted by molar-refractivity contribution is -0.137. The first-order valence-electron chi connectivity index (χ1n) is 7.79. The fourth-order valence-electron chi connectivity index (χ4n) is 1.91. The van der Waals surface area contributed by atoms with Crippen LogP contribution < -0.4 is 0 Å². The van der Waals surface area contributed by atoms with Crippen molar-refractivity contribution < 1.29 is 9.53 Å². The van der Waals surface area contributed by atoms with Crippen LogP contribution in [-0.2, 0) is 9.53 Å². The summed E-state index contributed by atoms with van der Waals surface area (Å²) in [5.41, 5.74) is 2.29. The van der Waals surface area contributed by atoms with Crippen molar-refractivity contribution in [1.29, 1.82) is 0 Å². The number of esters is 1. The third-order valence-corrected chi connectivity index (χ3v) is 4.31. The fourth-order valence-corrected chi connectivity index (χ4v) is 2.79. The van der Waals surface area contributed by atoms with Gasteiger partial charge in [0.05, 0.1) is 17.8 Å². The molecule has 0 aliphatic rings. The normalized spacial score (nSPS) is 11.7. The molecule has 0 fully saturated rings. The number of carbonyl (C=O) groups excluding carboxylic acids is 1. The number of carbonyl (C=O) groups is 1. The molecule has 0 N–H and O–H groups in total. The summed E-state index contributed by atoms with van der Waals surface area (Å²) >= 11 is 1.77. The first-order valence-corrected chi connectivity index (χ1v) is 8.67. The summed E-state index contributed by atoms with van der Waals surface area (Å²) < 4.78 is 4.11. The summed E-state index contributed by atoms with van der Waals surface area (Å²) in [6.07, 6.45) is 6.64. The summed E-state index contributed by atoms with van der Waals surface area (Å²) in [6, 6.07) is 10.3. The number of thiazole rings is 1. The Balaban J connectivity index is 0.000000463. The molecule has 2 aromatic rings. The van der Waals surface area contributed by atoms with Crippen molar-refractivity contribution in [3.63, 3.8) is 0 Å². The van der Waals surface area contributed by atoms with E-state index in [0.29, 0.717) is 5.92 Å². The fraction of sp³-hybridized carbons (Fsp3) is 0.368. The van der Waals surface area contributed by atoms with Gasteiger partial charge >= 0.3 is 5.97 Å². The number of hydrogen-bond acceptors (Lipinski definition) is 4. The van der Waals surface area contributed by atoms with E-state index in [1.54, 1.807) is 11.3 Å². The molecule has 1 heterocycles. The Morgan fingerprint density at radius 1 is 1.30 bits per heavy atom. The molecule has 0 saturated carbocycles. The van der Waals surface area contributed by atoms with Crippen LogP contribution in [0, 0.1) is 0 Å². The first-order chi connectivity index (χ1) is 11.1. The van der Waals surface area contributed by atoms with Gasteiger partial charge in [-0.1, -0.05) is 56.7 Å². The van der Waals surface area contributed by atoms with Gasteiger partial charge in [-0.3, -0.25) is 4.79 Å².